The predicted octanol–water partition coefficient (Wildman–Crippen LogP) is 3.30. The summed E-state index contributed by atoms with van der Waals surface area (Å²) in [7, 11) is 0. The molecule has 3 rings (SSSR count). The average molecular weight is 346 g/mol. The zero-order chi connectivity index (χ0) is 17.1. The van der Waals surface area contributed by atoms with Crippen LogP contribution >= 0.6 is 11.3 Å². The molecule has 1 amide bonds. The van der Waals surface area contributed by atoms with Gasteiger partial charge in [-0.25, -0.2) is 4.98 Å². The molecule has 2 atom stereocenters. The largest absolute Gasteiger partial charge is 0.357 e. The second kappa shape index (κ2) is 7.49. The number of carbonyl (C=O) groups is 1. The Kier molecular flexibility index (Phi) is 5.36. The van der Waals surface area contributed by atoms with E-state index in [4.69, 9.17) is 0 Å². The topological polar surface area (TPSA) is 61.0 Å². The van der Waals surface area contributed by atoms with Crippen molar-refractivity contribution in [1.82, 2.24) is 20.2 Å². The number of aromatic amines is 1. The Labute approximate surface area is 147 Å². The first-order valence-corrected chi connectivity index (χ1v) is 9.54. The lowest BCUT2D eigenvalue weighted by Gasteiger charge is -2.35. The molecule has 0 radical (unpaired) electrons. The minimum Gasteiger partial charge on any atom is -0.357 e. The highest BCUT2D eigenvalue weighted by molar-refractivity contribution is 7.09. The number of hydrogen-bond donors (Lipinski definition) is 2. The van der Waals surface area contributed by atoms with Gasteiger partial charge >= 0.3 is 0 Å². The number of rotatable bonds is 5. The van der Waals surface area contributed by atoms with Crippen molar-refractivity contribution in [3.63, 3.8) is 0 Å². The Morgan fingerprint density at radius 2 is 2.42 bits per heavy atom. The van der Waals surface area contributed by atoms with Gasteiger partial charge < -0.3 is 10.3 Å². The Morgan fingerprint density at radius 1 is 1.58 bits per heavy atom. The predicted molar refractivity (Wildman–Crippen MR) is 98.4 cm³/mol. The van der Waals surface area contributed by atoms with Crippen LogP contribution in [-0.2, 0) is 0 Å². The van der Waals surface area contributed by atoms with Gasteiger partial charge in [-0.15, -0.1) is 11.3 Å². The normalized spacial score (nSPS) is 20.0. The summed E-state index contributed by atoms with van der Waals surface area (Å²) >= 11 is 1.62. The number of nitrogens with one attached hydrogen (secondary N) is 2. The van der Waals surface area contributed by atoms with Crippen molar-refractivity contribution in [2.45, 2.75) is 39.7 Å². The van der Waals surface area contributed by atoms with E-state index in [1.807, 2.05) is 24.6 Å². The van der Waals surface area contributed by atoms with E-state index in [2.05, 4.69) is 34.0 Å². The molecule has 0 aromatic carbocycles. The van der Waals surface area contributed by atoms with Crippen LogP contribution in [0.25, 0.3) is 11.3 Å². The van der Waals surface area contributed by atoms with E-state index in [0.717, 1.165) is 35.3 Å². The van der Waals surface area contributed by atoms with Crippen LogP contribution in [0.5, 0.6) is 0 Å². The van der Waals surface area contributed by atoms with E-state index >= 15 is 0 Å². The van der Waals surface area contributed by atoms with Gasteiger partial charge in [0, 0.05) is 36.3 Å². The number of hydrogen-bond acceptors (Lipinski definition) is 4. The van der Waals surface area contributed by atoms with E-state index in [1.54, 1.807) is 11.3 Å². The molecule has 130 valence electrons. The zero-order valence-corrected chi connectivity index (χ0v) is 15.4. The molecule has 2 aromatic heterocycles. The van der Waals surface area contributed by atoms with Crippen LogP contribution in [0.3, 0.4) is 0 Å². The van der Waals surface area contributed by atoms with Crippen molar-refractivity contribution in [2.24, 2.45) is 5.92 Å². The number of nitrogens with zero attached hydrogens (tertiary/aromatic N) is 2. The third kappa shape index (κ3) is 4.05. The fourth-order valence-electron chi connectivity index (χ4n) is 3.26. The summed E-state index contributed by atoms with van der Waals surface area (Å²) in [5.74, 6) is 0.703. The molecular formula is C18H26N4OS. The molecule has 2 aromatic rings. The SMILES string of the molecule is Cc1nc(-c2c[nH]c(C(=O)NCC(C)N3CCCC(C)C3)c2)cs1. The number of thiazole rings is 1. The molecular weight excluding hydrogens is 320 g/mol. The van der Waals surface area contributed by atoms with Gasteiger partial charge in [-0.1, -0.05) is 6.92 Å². The van der Waals surface area contributed by atoms with Crippen molar-refractivity contribution in [3.05, 3.63) is 28.3 Å². The summed E-state index contributed by atoms with van der Waals surface area (Å²) in [6.07, 6.45) is 4.42. The second-order valence-electron chi connectivity index (χ2n) is 6.86. The molecule has 5 nitrogen and oxygen atoms in total. The first-order chi connectivity index (χ1) is 11.5. The highest BCUT2D eigenvalue weighted by Gasteiger charge is 2.21. The lowest BCUT2D eigenvalue weighted by molar-refractivity contribution is 0.0913. The first kappa shape index (κ1) is 17.2. The molecule has 2 unspecified atom stereocenters. The van der Waals surface area contributed by atoms with E-state index in [0.29, 0.717) is 18.3 Å². The third-order valence-electron chi connectivity index (χ3n) is 4.71. The highest BCUT2D eigenvalue weighted by atomic mass is 32.1. The maximum Gasteiger partial charge on any atom is 0.267 e. The van der Waals surface area contributed by atoms with Gasteiger partial charge in [-0.05, 0) is 45.2 Å². The van der Waals surface area contributed by atoms with Gasteiger partial charge in [-0.3, -0.25) is 9.69 Å². The number of carbonyl (C=O) groups excluding carboxylic acids is 1. The van der Waals surface area contributed by atoms with Crippen LogP contribution in [0.1, 0.15) is 42.2 Å². The smallest absolute Gasteiger partial charge is 0.267 e. The molecule has 0 saturated carbocycles. The van der Waals surface area contributed by atoms with Crippen LogP contribution < -0.4 is 5.32 Å². The molecule has 1 aliphatic heterocycles. The summed E-state index contributed by atoms with van der Waals surface area (Å²) in [6.45, 7) is 9.42. The minimum atomic E-state index is -0.0508. The molecule has 3 heterocycles. The number of likely N-dealkylation sites (tertiary alicyclic amines) is 1. The summed E-state index contributed by atoms with van der Waals surface area (Å²) < 4.78 is 0. The fraction of sp³-hybridized carbons (Fsp3) is 0.556. The fourth-order valence-corrected chi connectivity index (χ4v) is 3.88. The van der Waals surface area contributed by atoms with Gasteiger partial charge in [0.2, 0.25) is 0 Å². The molecule has 0 spiro atoms. The first-order valence-electron chi connectivity index (χ1n) is 8.66. The standard InChI is InChI=1S/C18H26N4OS/c1-12-5-4-6-22(10-12)13(2)8-20-18(23)16-7-15(9-19-16)17-11-24-14(3)21-17/h7,9,11-13,19H,4-6,8,10H2,1-3H3,(H,20,23). The molecule has 1 aliphatic rings. The minimum absolute atomic E-state index is 0.0508. The van der Waals surface area contributed by atoms with E-state index in [9.17, 15) is 4.79 Å². The summed E-state index contributed by atoms with van der Waals surface area (Å²) in [4.78, 5) is 22.4. The van der Waals surface area contributed by atoms with Gasteiger partial charge in [0.25, 0.3) is 5.91 Å². The Balaban J connectivity index is 1.54. The van der Waals surface area contributed by atoms with Crippen molar-refractivity contribution >= 4 is 17.2 Å². The number of aryl methyl sites for hydroxylation is 1. The van der Waals surface area contributed by atoms with Crippen molar-refractivity contribution < 1.29 is 4.79 Å². The Bertz CT molecular complexity index is 693. The van der Waals surface area contributed by atoms with Crippen LogP contribution in [0.4, 0.5) is 0 Å². The lowest BCUT2D eigenvalue weighted by atomic mass is 9.99. The monoisotopic (exact) mass is 346 g/mol. The molecule has 24 heavy (non-hydrogen) atoms. The lowest BCUT2D eigenvalue weighted by Crippen LogP contribution is -2.46. The van der Waals surface area contributed by atoms with Crippen LogP contribution in [0.15, 0.2) is 17.6 Å². The highest BCUT2D eigenvalue weighted by Crippen LogP contribution is 2.22. The van der Waals surface area contributed by atoms with Gasteiger partial charge in [0.05, 0.1) is 10.7 Å². The molecule has 2 N–H and O–H groups in total. The van der Waals surface area contributed by atoms with Crippen molar-refractivity contribution in [3.8, 4) is 11.3 Å². The van der Waals surface area contributed by atoms with Gasteiger partial charge in [0.1, 0.15) is 5.69 Å². The summed E-state index contributed by atoms with van der Waals surface area (Å²) in [6, 6.07) is 2.24. The van der Waals surface area contributed by atoms with Crippen LogP contribution in [0, 0.1) is 12.8 Å². The van der Waals surface area contributed by atoms with Crippen molar-refractivity contribution in [1.29, 1.82) is 0 Å². The quantitative estimate of drug-likeness (QED) is 0.873. The van der Waals surface area contributed by atoms with E-state index in [1.165, 1.54) is 12.8 Å². The maximum absolute atomic E-state index is 12.4. The summed E-state index contributed by atoms with van der Waals surface area (Å²) in [5.41, 5.74) is 2.47. The average Bonchev–Trinajstić information content (AvgIpc) is 3.21. The van der Waals surface area contributed by atoms with Crippen molar-refractivity contribution in [2.75, 3.05) is 19.6 Å². The van der Waals surface area contributed by atoms with Gasteiger partial charge in [-0.2, -0.15) is 0 Å². The molecule has 1 fully saturated rings. The van der Waals surface area contributed by atoms with Crippen LogP contribution in [0.2, 0.25) is 0 Å². The number of amides is 1. The van der Waals surface area contributed by atoms with Crippen LogP contribution in [-0.4, -0.2) is 46.5 Å². The number of piperidine rings is 1. The molecule has 0 aliphatic carbocycles. The van der Waals surface area contributed by atoms with E-state index in [-0.39, 0.29) is 5.91 Å². The Hall–Kier alpha value is -1.66. The summed E-state index contributed by atoms with van der Waals surface area (Å²) in [5, 5.41) is 6.09. The Morgan fingerprint density at radius 3 is 3.12 bits per heavy atom. The maximum atomic E-state index is 12.4. The van der Waals surface area contributed by atoms with E-state index < -0.39 is 0 Å². The molecule has 6 heteroatoms. The number of aromatic nitrogens is 2. The second-order valence-corrected chi connectivity index (χ2v) is 7.92. The number of H-pyrrole nitrogens is 1. The van der Waals surface area contributed by atoms with Gasteiger partial charge in [0.15, 0.2) is 0 Å². The zero-order valence-electron chi connectivity index (χ0n) is 14.6. The molecule has 1 saturated heterocycles. The third-order valence-corrected chi connectivity index (χ3v) is 5.49. The molecule has 0 bridgehead atoms.